The van der Waals surface area contributed by atoms with Crippen molar-refractivity contribution >= 4 is 5.91 Å². The van der Waals surface area contributed by atoms with Gasteiger partial charge in [0.1, 0.15) is 11.6 Å². The Kier molecular flexibility index (Phi) is 4.94. The summed E-state index contributed by atoms with van der Waals surface area (Å²) in [6.45, 7) is -2.51. The number of likely N-dealkylation sites (tertiary alicyclic amines) is 1. The van der Waals surface area contributed by atoms with Crippen molar-refractivity contribution in [3.63, 3.8) is 0 Å². The van der Waals surface area contributed by atoms with Crippen molar-refractivity contribution in [2.24, 2.45) is 5.73 Å². The van der Waals surface area contributed by atoms with Gasteiger partial charge in [0.25, 0.3) is 5.91 Å². The first-order chi connectivity index (χ1) is 12.0. The van der Waals surface area contributed by atoms with Crippen LogP contribution in [-0.2, 0) is 0 Å². The van der Waals surface area contributed by atoms with Gasteiger partial charge in [-0.15, -0.1) is 0 Å². The molecule has 0 aromatic heterocycles. The van der Waals surface area contributed by atoms with Crippen molar-refractivity contribution in [1.29, 1.82) is 0 Å². The molecule has 0 spiro atoms. The van der Waals surface area contributed by atoms with Crippen LogP contribution in [0, 0.1) is 5.82 Å². The minimum atomic E-state index is -3.15. The van der Waals surface area contributed by atoms with E-state index in [1.54, 1.807) is 0 Å². The first-order valence-corrected chi connectivity index (χ1v) is 7.80. The van der Waals surface area contributed by atoms with Crippen LogP contribution in [0.25, 0.3) is 0 Å². The highest BCUT2D eigenvalue weighted by molar-refractivity contribution is 5.97. The summed E-state index contributed by atoms with van der Waals surface area (Å²) in [6.07, 6.45) is 0. The Hall–Kier alpha value is -2.54. The van der Waals surface area contributed by atoms with Gasteiger partial charge in [-0.25, -0.2) is 4.39 Å². The molecule has 1 heterocycles. The van der Waals surface area contributed by atoms with Crippen LogP contribution >= 0.6 is 0 Å². The maximum atomic E-state index is 13.3. The lowest BCUT2D eigenvalue weighted by atomic mass is 9.95. The highest BCUT2D eigenvalue weighted by Crippen LogP contribution is 2.30. The zero-order valence-corrected chi connectivity index (χ0v) is 13.2. The Balaban J connectivity index is 1.82. The van der Waals surface area contributed by atoms with Gasteiger partial charge in [-0.2, -0.15) is 8.78 Å². The number of hydrogen-bond acceptors (Lipinski definition) is 3. The first kappa shape index (κ1) is 17.3. The lowest BCUT2D eigenvalue weighted by molar-refractivity contribution is -0.0504. The summed E-state index contributed by atoms with van der Waals surface area (Å²) in [4.78, 5) is 14.2. The fourth-order valence-corrected chi connectivity index (χ4v) is 3.08. The molecule has 2 N–H and O–H groups in total. The van der Waals surface area contributed by atoms with Crippen LogP contribution in [0.4, 0.5) is 13.2 Å². The van der Waals surface area contributed by atoms with E-state index in [0.29, 0.717) is 6.54 Å². The summed E-state index contributed by atoms with van der Waals surface area (Å²) in [5, 5.41) is 0. The Morgan fingerprint density at radius 1 is 1.16 bits per heavy atom. The third kappa shape index (κ3) is 3.76. The van der Waals surface area contributed by atoms with E-state index in [0.717, 1.165) is 23.8 Å². The molecule has 132 valence electrons. The molecule has 0 unspecified atom stereocenters. The number of ether oxygens (including phenoxy) is 1. The van der Waals surface area contributed by atoms with E-state index in [-0.39, 0.29) is 24.1 Å². The largest absolute Gasteiger partial charge is 0.434 e. The highest BCUT2D eigenvalue weighted by atomic mass is 19.3. The number of alkyl halides is 2. The molecule has 2 atom stereocenters. The van der Waals surface area contributed by atoms with Crippen molar-refractivity contribution in [3.05, 3.63) is 65.5 Å². The number of carbonyl (C=O) groups excluding carboxylic acids is 1. The number of benzene rings is 2. The molecule has 3 rings (SSSR count). The standard InChI is InChI=1S/C18H17F3N2O2/c19-12-6-7-13(16(8-12)25-18(20)21)17(24)23-9-14(15(22)10-23)11-4-2-1-3-5-11/h1-8,14-15,18H,9-10,22H2/t14-,15+/m0/s1. The van der Waals surface area contributed by atoms with Gasteiger partial charge in [0.2, 0.25) is 0 Å². The topological polar surface area (TPSA) is 55.6 Å². The molecule has 1 amide bonds. The number of hydrogen-bond donors (Lipinski definition) is 1. The smallest absolute Gasteiger partial charge is 0.387 e. The minimum absolute atomic E-state index is 0.0509. The monoisotopic (exact) mass is 350 g/mol. The number of halogens is 3. The Morgan fingerprint density at radius 3 is 2.56 bits per heavy atom. The molecule has 0 bridgehead atoms. The fraction of sp³-hybridized carbons (Fsp3) is 0.278. The molecule has 2 aromatic rings. The second kappa shape index (κ2) is 7.14. The zero-order chi connectivity index (χ0) is 18.0. The van der Waals surface area contributed by atoms with Gasteiger partial charge in [-0.1, -0.05) is 30.3 Å². The third-order valence-electron chi connectivity index (χ3n) is 4.27. The Labute approximate surface area is 143 Å². The SMILES string of the molecule is N[C@@H]1CN(C(=O)c2ccc(F)cc2OC(F)F)C[C@H]1c1ccccc1. The summed E-state index contributed by atoms with van der Waals surface area (Å²) >= 11 is 0. The second-order valence-electron chi connectivity index (χ2n) is 5.91. The number of nitrogens with two attached hydrogens (primary N) is 1. The molecular formula is C18H17F3N2O2. The van der Waals surface area contributed by atoms with Crippen molar-refractivity contribution in [1.82, 2.24) is 4.90 Å². The predicted molar refractivity (Wildman–Crippen MR) is 86.1 cm³/mol. The van der Waals surface area contributed by atoms with E-state index in [1.807, 2.05) is 30.3 Å². The predicted octanol–water partition coefficient (Wildman–Crippen LogP) is 2.99. The van der Waals surface area contributed by atoms with E-state index >= 15 is 0 Å². The summed E-state index contributed by atoms with van der Waals surface area (Å²) in [5.74, 6) is -1.79. The van der Waals surface area contributed by atoms with Gasteiger partial charge in [0, 0.05) is 31.1 Å². The van der Waals surface area contributed by atoms with Gasteiger partial charge in [-0.05, 0) is 17.7 Å². The van der Waals surface area contributed by atoms with Crippen LogP contribution in [0.15, 0.2) is 48.5 Å². The van der Waals surface area contributed by atoms with Crippen LogP contribution < -0.4 is 10.5 Å². The van der Waals surface area contributed by atoms with Crippen molar-refractivity contribution in [3.8, 4) is 5.75 Å². The first-order valence-electron chi connectivity index (χ1n) is 7.80. The average Bonchev–Trinajstić information content (AvgIpc) is 2.96. The van der Waals surface area contributed by atoms with Crippen molar-refractivity contribution < 1.29 is 22.7 Å². The van der Waals surface area contributed by atoms with E-state index < -0.39 is 24.1 Å². The molecule has 1 aliphatic rings. The van der Waals surface area contributed by atoms with Crippen LogP contribution in [0.3, 0.4) is 0 Å². The molecule has 4 nitrogen and oxygen atoms in total. The van der Waals surface area contributed by atoms with Crippen LogP contribution in [0.2, 0.25) is 0 Å². The number of nitrogens with zero attached hydrogens (tertiary/aromatic N) is 1. The molecule has 0 radical (unpaired) electrons. The molecule has 0 saturated carbocycles. The Morgan fingerprint density at radius 2 is 1.88 bits per heavy atom. The van der Waals surface area contributed by atoms with E-state index in [4.69, 9.17) is 5.73 Å². The third-order valence-corrected chi connectivity index (χ3v) is 4.27. The normalized spacial score (nSPS) is 20.1. The number of carbonyl (C=O) groups is 1. The van der Waals surface area contributed by atoms with Crippen LogP contribution in [0.1, 0.15) is 21.8 Å². The van der Waals surface area contributed by atoms with Crippen LogP contribution in [-0.4, -0.2) is 36.5 Å². The number of rotatable bonds is 4. The van der Waals surface area contributed by atoms with Gasteiger partial charge < -0.3 is 15.4 Å². The van der Waals surface area contributed by atoms with Crippen LogP contribution in [0.5, 0.6) is 5.75 Å². The summed E-state index contributed by atoms with van der Waals surface area (Å²) in [7, 11) is 0. The zero-order valence-electron chi connectivity index (χ0n) is 13.2. The maximum Gasteiger partial charge on any atom is 0.387 e. The maximum absolute atomic E-state index is 13.3. The molecule has 25 heavy (non-hydrogen) atoms. The van der Waals surface area contributed by atoms with E-state index in [1.165, 1.54) is 4.90 Å². The molecule has 0 aliphatic carbocycles. The molecule has 7 heteroatoms. The lowest BCUT2D eigenvalue weighted by Gasteiger charge is -2.18. The molecule has 1 fully saturated rings. The van der Waals surface area contributed by atoms with Crippen molar-refractivity contribution in [2.45, 2.75) is 18.6 Å². The average molecular weight is 350 g/mol. The van der Waals surface area contributed by atoms with Gasteiger partial charge in [-0.3, -0.25) is 4.79 Å². The summed E-state index contributed by atoms with van der Waals surface area (Å²) < 4.78 is 42.7. The second-order valence-corrected chi connectivity index (χ2v) is 5.91. The lowest BCUT2D eigenvalue weighted by Crippen LogP contribution is -2.32. The van der Waals surface area contributed by atoms with Crippen molar-refractivity contribution in [2.75, 3.05) is 13.1 Å². The van der Waals surface area contributed by atoms with Gasteiger partial charge >= 0.3 is 6.61 Å². The summed E-state index contributed by atoms with van der Waals surface area (Å²) in [6, 6.07) is 12.2. The van der Waals surface area contributed by atoms with Gasteiger partial charge in [0.15, 0.2) is 0 Å². The summed E-state index contributed by atoms with van der Waals surface area (Å²) in [5.41, 5.74) is 7.05. The molecule has 1 saturated heterocycles. The minimum Gasteiger partial charge on any atom is -0.434 e. The Bertz CT molecular complexity index is 755. The molecule has 2 aromatic carbocycles. The highest BCUT2D eigenvalue weighted by Gasteiger charge is 2.35. The quantitative estimate of drug-likeness (QED) is 0.922. The molecular weight excluding hydrogens is 333 g/mol. The number of amides is 1. The molecule has 1 aliphatic heterocycles. The van der Waals surface area contributed by atoms with Gasteiger partial charge in [0.05, 0.1) is 5.56 Å². The van der Waals surface area contributed by atoms with E-state index in [2.05, 4.69) is 4.74 Å². The fourth-order valence-electron chi connectivity index (χ4n) is 3.08. The van der Waals surface area contributed by atoms with E-state index in [9.17, 15) is 18.0 Å².